The Morgan fingerprint density at radius 3 is 2.23 bits per heavy atom. The van der Waals surface area contributed by atoms with Gasteiger partial charge >= 0.3 is 0 Å². The number of hydrogen-bond donors (Lipinski definition) is 1. The first kappa shape index (κ1) is 21.3. The van der Waals surface area contributed by atoms with E-state index in [2.05, 4.69) is 41.4 Å². The molecule has 0 aromatic heterocycles. The number of hydrogen-bond acceptors (Lipinski definition) is 3. The molecule has 1 atom stereocenters. The third kappa shape index (κ3) is 4.88. The molecule has 0 radical (unpaired) electrons. The molecule has 5 heteroatoms. The Balaban J connectivity index is 1.47. The number of thioether (sulfide) groups is 1. The SMILES string of the molecule is C/C=C(/O)SCc1ccc(-c2ccc(C3CCC(c4c(F)cccc4F)=N3)cc2)cc1. The van der Waals surface area contributed by atoms with E-state index in [1.165, 1.54) is 30.0 Å². The van der Waals surface area contributed by atoms with Crippen molar-refractivity contribution in [3.8, 4) is 11.1 Å². The van der Waals surface area contributed by atoms with Gasteiger partial charge in [-0.15, -0.1) is 0 Å². The van der Waals surface area contributed by atoms with Crippen LogP contribution in [0.15, 0.2) is 82.9 Å². The van der Waals surface area contributed by atoms with Crippen LogP contribution in [-0.4, -0.2) is 10.8 Å². The molecule has 158 valence electrons. The Morgan fingerprint density at radius 1 is 1.00 bits per heavy atom. The van der Waals surface area contributed by atoms with Gasteiger partial charge in [0.2, 0.25) is 0 Å². The zero-order valence-corrected chi connectivity index (χ0v) is 18.0. The van der Waals surface area contributed by atoms with Crippen molar-refractivity contribution >= 4 is 17.5 Å². The minimum atomic E-state index is -0.558. The molecule has 0 saturated carbocycles. The lowest BCUT2D eigenvalue weighted by molar-refractivity contribution is 0.455. The normalized spacial score (nSPS) is 16.4. The topological polar surface area (TPSA) is 32.6 Å². The summed E-state index contributed by atoms with van der Waals surface area (Å²) in [5, 5.41) is 9.88. The van der Waals surface area contributed by atoms with Gasteiger partial charge in [-0.3, -0.25) is 4.99 Å². The highest BCUT2D eigenvalue weighted by Crippen LogP contribution is 2.33. The molecule has 0 aliphatic carbocycles. The first-order chi connectivity index (χ1) is 15.0. The number of nitrogens with zero attached hydrogens (tertiary/aromatic N) is 1. The maximum atomic E-state index is 14.1. The second-order valence-electron chi connectivity index (χ2n) is 7.46. The first-order valence-electron chi connectivity index (χ1n) is 10.2. The first-order valence-corrected chi connectivity index (χ1v) is 11.2. The van der Waals surface area contributed by atoms with Crippen molar-refractivity contribution in [2.75, 3.05) is 0 Å². The van der Waals surface area contributed by atoms with Crippen molar-refractivity contribution in [2.24, 2.45) is 4.99 Å². The molecule has 0 bridgehead atoms. The third-order valence-corrected chi connectivity index (χ3v) is 6.44. The Bertz CT molecular complexity index is 1100. The molecular formula is C26H23F2NOS. The summed E-state index contributed by atoms with van der Waals surface area (Å²) in [4.78, 5) is 4.62. The van der Waals surface area contributed by atoms with Crippen LogP contribution in [-0.2, 0) is 5.75 Å². The van der Waals surface area contributed by atoms with Gasteiger partial charge in [0.1, 0.15) is 16.7 Å². The monoisotopic (exact) mass is 435 g/mol. The van der Waals surface area contributed by atoms with Gasteiger partial charge in [0, 0.05) is 11.5 Å². The summed E-state index contributed by atoms with van der Waals surface area (Å²) < 4.78 is 28.1. The quantitative estimate of drug-likeness (QED) is 0.404. The lowest BCUT2D eigenvalue weighted by atomic mass is 9.99. The van der Waals surface area contributed by atoms with E-state index in [-0.39, 0.29) is 11.6 Å². The van der Waals surface area contributed by atoms with E-state index in [9.17, 15) is 13.9 Å². The molecule has 3 aromatic rings. The van der Waals surface area contributed by atoms with Crippen LogP contribution in [0.5, 0.6) is 0 Å². The van der Waals surface area contributed by atoms with Gasteiger partial charge in [-0.2, -0.15) is 0 Å². The van der Waals surface area contributed by atoms with E-state index in [4.69, 9.17) is 0 Å². The minimum absolute atomic E-state index is 0.00243. The van der Waals surface area contributed by atoms with E-state index in [1.807, 2.05) is 19.1 Å². The molecule has 4 rings (SSSR count). The predicted octanol–water partition coefficient (Wildman–Crippen LogP) is 7.61. The fourth-order valence-electron chi connectivity index (χ4n) is 3.73. The molecule has 1 unspecified atom stereocenters. The number of rotatable bonds is 6. The van der Waals surface area contributed by atoms with Gasteiger partial charge in [0.05, 0.1) is 11.6 Å². The number of aliphatic hydroxyl groups excluding tert-OH is 1. The molecule has 0 fully saturated rings. The Kier molecular flexibility index (Phi) is 6.52. The van der Waals surface area contributed by atoms with Gasteiger partial charge in [0.25, 0.3) is 0 Å². The second-order valence-corrected chi connectivity index (χ2v) is 8.46. The average Bonchev–Trinajstić information content (AvgIpc) is 3.27. The van der Waals surface area contributed by atoms with Crippen LogP contribution in [0.2, 0.25) is 0 Å². The fourth-order valence-corrected chi connectivity index (χ4v) is 4.40. The second kappa shape index (κ2) is 9.48. The summed E-state index contributed by atoms with van der Waals surface area (Å²) in [5.41, 5.74) is 4.91. The summed E-state index contributed by atoms with van der Waals surface area (Å²) in [7, 11) is 0. The maximum Gasteiger partial charge on any atom is 0.145 e. The van der Waals surface area contributed by atoms with E-state index in [1.54, 1.807) is 6.08 Å². The van der Waals surface area contributed by atoms with Crippen LogP contribution in [0.3, 0.4) is 0 Å². The molecule has 0 saturated heterocycles. The summed E-state index contributed by atoms with van der Waals surface area (Å²) in [5.74, 6) is -0.393. The lowest BCUT2D eigenvalue weighted by Crippen LogP contribution is -2.03. The van der Waals surface area contributed by atoms with Gasteiger partial charge in [-0.25, -0.2) is 8.78 Å². The smallest absolute Gasteiger partial charge is 0.145 e. The van der Waals surface area contributed by atoms with Gasteiger partial charge < -0.3 is 5.11 Å². The molecule has 31 heavy (non-hydrogen) atoms. The molecular weight excluding hydrogens is 412 g/mol. The largest absolute Gasteiger partial charge is 0.502 e. The van der Waals surface area contributed by atoms with Crippen LogP contribution in [0.1, 0.15) is 42.5 Å². The molecule has 1 aliphatic heterocycles. The Hall–Kier alpha value is -2.92. The third-order valence-electron chi connectivity index (χ3n) is 5.43. The van der Waals surface area contributed by atoms with Crippen LogP contribution >= 0.6 is 11.8 Å². The highest BCUT2D eigenvalue weighted by atomic mass is 32.2. The summed E-state index contributed by atoms with van der Waals surface area (Å²) in [6, 6.07) is 20.3. The number of aliphatic hydroxyl groups is 1. The maximum absolute atomic E-state index is 14.1. The predicted molar refractivity (Wildman–Crippen MR) is 124 cm³/mol. The molecule has 2 nitrogen and oxygen atoms in total. The van der Waals surface area contributed by atoms with Crippen molar-refractivity contribution in [1.82, 2.24) is 0 Å². The van der Waals surface area contributed by atoms with E-state index in [0.29, 0.717) is 17.2 Å². The number of aliphatic imine (C=N–C) groups is 1. The standard InChI is InChI=1S/C26H23F2NOS/c1-2-25(30)31-16-17-6-8-18(9-7-17)19-10-12-20(13-11-19)23-14-15-24(29-23)26-21(27)4-3-5-22(26)28/h2-13,23,30H,14-16H2,1H3/b25-2-. The fraction of sp³-hybridized carbons (Fsp3) is 0.192. The zero-order chi connectivity index (χ0) is 21.8. The summed E-state index contributed by atoms with van der Waals surface area (Å²) in [6.45, 7) is 1.81. The van der Waals surface area contributed by atoms with Crippen molar-refractivity contribution in [3.05, 3.63) is 106 Å². The molecule has 0 amide bonds. The number of allylic oxidation sites excluding steroid dienone is 1. The van der Waals surface area contributed by atoms with E-state index < -0.39 is 11.6 Å². The number of benzene rings is 3. The van der Waals surface area contributed by atoms with Crippen LogP contribution in [0, 0.1) is 11.6 Å². The van der Waals surface area contributed by atoms with Crippen molar-refractivity contribution in [2.45, 2.75) is 31.6 Å². The summed E-state index contributed by atoms with van der Waals surface area (Å²) >= 11 is 1.40. The molecule has 1 heterocycles. The zero-order valence-electron chi connectivity index (χ0n) is 17.2. The lowest BCUT2D eigenvalue weighted by Gasteiger charge is -2.09. The molecule has 0 spiro atoms. The summed E-state index contributed by atoms with van der Waals surface area (Å²) in [6.07, 6.45) is 2.99. The Labute approximate surface area is 185 Å². The highest BCUT2D eigenvalue weighted by Gasteiger charge is 2.24. The highest BCUT2D eigenvalue weighted by molar-refractivity contribution is 8.02. The van der Waals surface area contributed by atoms with Crippen molar-refractivity contribution in [1.29, 1.82) is 0 Å². The Morgan fingerprint density at radius 2 is 1.61 bits per heavy atom. The van der Waals surface area contributed by atoms with Crippen molar-refractivity contribution < 1.29 is 13.9 Å². The van der Waals surface area contributed by atoms with Crippen molar-refractivity contribution in [3.63, 3.8) is 0 Å². The van der Waals surface area contributed by atoms with Crippen LogP contribution < -0.4 is 0 Å². The number of halogens is 2. The molecule has 1 aliphatic rings. The van der Waals surface area contributed by atoms with Crippen LogP contribution in [0.25, 0.3) is 11.1 Å². The average molecular weight is 436 g/mol. The minimum Gasteiger partial charge on any atom is -0.502 e. The van der Waals surface area contributed by atoms with Gasteiger partial charge in [0.15, 0.2) is 0 Å². The van der Waals surface area contributed by atoms with E-state index >= 15 is 0 Å². The molecule has 3 aromatic carbocycles. The molecule has 1 N–H and O–H groups in total. The van der Waals surface area contributed by atoms with E-state index in [0.717, 1.165) is 34.4 Å². The van der Waals surface area contributed by atoms with Crippen LogP contribution in [0.4, 0.5) is 8.78 Å². The van der Waals surface area contributed by atoms with Gasteiger partial charge in [-0.05, 0) is 60.2 Å². The van der Waals surface area contributed by atoms with Gasteiger partial charge in [-0.1, -0.05) is 66.4 Å².